The number of ether oxygens (including phenoxy) is 1. The molecule has 0 fully saturated rings. The Morgan fingerprint density at radius 3 is 2.00 bits per heavy atom. The minimum atomic E-state index is -1.31. The van der Waals surface area contributed by atoms with Gasteiger partial charge < -0.3 is 9.64 Å². The highest BCUT2D eigenvalue weighted by Crippen LogP contribution is 2.38. The molecule has 0 N–H and O–H groups in total. The number of imide groups is 1. The van der Waals surface area contributed by atoms with Crippen LogP contribution in [0.4, 0.5) is 4.79 Å². The van der Waals surface area contributed by atoms with Gasteiger partial charge in [-0.15, -0.1) is 0 Å². The van der Waals surface area contributed by atoms with E-state index in [1.165, 1.54) is 19.1 Å². The van der Waals surface area contributed by atoms with E-state index in [4.69, 9.17) is 4.74 Å². The van der Waals surface area contributed by atoms with E-state index in [2.05, 4.69) is 0 Å². The number of methoxy groups -OCH3 is 1. The standard InChI is InChI=1S/C15H28N2O4/c1-8-10-11(3)15(9-2,13(19)21-7)12(18)17(6)14(20)16(4)5/h11H,8-10H2,1-7H3. The molecule has 0 spiro atoms. The maximum atomic E-state index is 12.8. The monoisotopic (exact) mass is 300 g/mol. The molecule has 0 rings (SSSR count). The zero-order valence-corrected chi connectivity index (χ0v) is 14.2. The number of carbonyl (C=O) groups excluding carboxylic acids is 3. The molecule has 0 heterocycles. The molecular formula is C15H28N2O4. The predicted octanol–water partition coefficient (Wildman–Crippen LogP) is 2.13. The summed E-state index contributed by atoms with van der Waals surface area (Å²) in [6.07, 6.45) is 1.85. The number of nitrogens with zero attached hydrogens (tertiary/aromatic N) is 2. The fourth-order valence-electron chi connectivity index (χ4n) is 2.69. The van der Waals surface area contributed by atoms with Crippen LogP contribution in [0.1, 0.15) is 40.0 Å². The molecule has 0 saturated heterocycles. The predicted molar refractivity (Wildman–Crippen MR) is 80.7 cm³/mol. The first-order valence-electron chi connectivity index (χ1n) is 7.28. The average molecular weight is 300 g/mol. The van der Waals surface area contributed by atoms with Gasteiger partial charge in [-0.2, -0.15) is 0 Å². The van der Waals surface area contributed by atoms with Crippen molar-refractivity contribution in [1.29, 1.82) is 0 Å². The summed E-state index contributed by atoms with van der Waals surface area (Å²) in [4.78, 5) is 39.5. The van der Waals surface area contributed by atoms with Crippen LogP contribution in [0, 0.1) is 11.3 Å². The second-order valence-corrected chi connectivity index (χ2v) is 5.55. The van der Waals surface area contributed by atoms with Crippen LogP contribution >= 0.6 is 0 Å². The van der Waals surface area contributed by atoms with Crippen molar-refractivity contribution in [3.8, 4) is 0 Å². The van der Waals surface area contributed by atoms with Crippen LogP contribution in [-0.2, 0) is 14.3 Å². The van der Waals surface area contributed by atoms with E-state index >= 15 is 0 Å². The van der Waals surface area contributed by atoms with E-state index in [0.717, 1.165) is 11.3 Å². The van der Waals surface area contributed by atoms with Gasteiger partial charge in [-0.05, 0) is 18.8 Å². The average Bonchev–Trinajstić information content (AvgIpc) is 2.46. The molecule has 0 aliphatic carbocycles. The molecule has 0 bridgehead atoms. The third-order valence-corrected chi connectivity index (χ3v) is 4.03. The SMILES string of the molecule is CCCC(C)C(CC)(C(=O)OC)C(=O)N(C)C(=O)N(C)C. The summed E-state index contributed by atoms with van der Waals surface area (Å²) in [7, 11) is 5.80. The highest BCUT2D eigenvalue weighted by atomic mass is 16.5. The molecule has 0 aromatic rings. The molecule has 0 saturated carbocycles. The smallest absolute Gasteiger partial charge is 0.325 e. The van der Waals surface area contributed by atoms with Gasteiger partial charge in [-0.3, -0.25) is 14.5 Å². The van der Waals surface area contributed by atoms with Gasteiger partial charge in [-0.25, -0.2) is 4.79 Å². The number of amides is 3. The van der Waals surface area contributed by atoms with Crippen LogP contribution in [0.3, 0.4) is 0 Å². The molecule has 0 aliphatic rings. The van der Waals surface area contributed by atoms with Crippen molar-refractivity contribution in [3.05, 3.63) is 0 Å². The lowest BCUT2D eigenvalue weighted by molar-refractivity contribution is -0.166. The number of hydrogen-bond acceptors (Lipinski definition) is 4. The van der Waals surface area contributed by atoms with Gasteiger partial charge in [0.15, 0.2) is 0 Å². The van der Waals surface area contributed by atoms with Gasteiger partial charge in [0.25, 0.3) is 0 Å². The Morgan fingerprint density at radius 2 is 1.67 bits per heavy atom. The van der Waals surface area contributed by atoms with E-state index in [-0.39, 0.29) is 5.92 Å². The Labute approximate surface area is 127 Å². The van der Waals surface area contributed by atoms with E-state index in [1.807, 2.05) is 13.8 Å². The minimum absolute atomic E-state index is 0.204. The topological polar surface area (TPSA) is 66.9 Å². The Morgan fingerprint density at radius 1 is 1.14 bits per heavy atom. The maximum absolute atomic E-state index is 12.8. The Bertz CT molecular complexity index is 395. The number of rotatable bonds is 6. The van der Waals surface area contributed by atoms with E-state index in [9.17, 15) is 14.4 Å². The first kappa shape index (κ1) is 19.4. The summed E-state index contributed by atoms with van der Waals surface area (Å²) in [5.74, 6) is -1.28. The number of urea groups is 1. The van der Waals surface area contributed by atoms with Gasteiger partial charge in [0.05, 0.1) is 7.11 Å². The van der Waals surface area contributed by atoms with Gasteiger partial charge in [0.2, 0.25) is 5.91 Å². The summed E-state index contributed by atoms with van der Waals surface area (Å²) in [5, 5.41) is 0. The van der Waals surface area contributed by atoms with Gasteiger partial charge in [0.1, 0.15) is 5.41 Å². The summed E-state index contributed by atoms with van der Waals surface area (Å²) in [6, 6.07) is -0.453. The van der Waals surface area contributed by atoms with Crippen molar-refractivity contribution in [2.24, 2.45) is 11.3 Å². The molecule has 2 atom stereocenters. The Hall–Kier alpha value is -1.59. The third-order valence-electron chi connectivity index (χ3n) is 4.03. The van der Waals surface area contributed by atoms with Crippen molar-refractivity contribution in [2.45, 2.75) is 40.0 Å². The highest BCUT2D eigenvalue weighted by molar-refractivity contribution is 6.08. The minimum Gasteiger partial charge on any atom is -0.468 e. The lowest BCUT2D eigenvalue weighted by Gasteiger charge is -2.37. The summed E-state index contributed by atoms with van der Waals surface area (Å²) < 4.78 is 4.87. The van der Waals surface area contributed by atoms with Gasteiger partial charge >= 0.3 is 12.0 Å². The largest absolute Gasteiger partial charge is 0.468 e. The fraction of sp³-hybridized carbons (Fsp3) is 0.800. The first-order chi connectivity index (χ1) is 9.70. The number of carbonyl (C=O) groups is 3. The lowest BCUT2D eigenvalue weighted by Crippen LogP contribution is -2.54. The lowest BCUT2D eigenvalue weighted by atomic mass is 9.71. The second-order valence-electron chi connectivity index (χ2n) is 5.55. The van der Waals surface area contributed by atoms with Crippen LogP contribution in [-0.4, -0.2) is 56.0 Å². The van der Waals surface area contributed by atoms with Crippen LogP contribution in [0.15, 0.2) is 0 Å². The van der Waals surface area contributed by atoms with Gasteiger partial charge in [0, 0.05) is 21.1 Å². The Balaban J connectivity index is 5.73. The van der Waals surface area contributed by atoms with Gasteiger partial charge in [-0.1, -0.05) is 27.2 Å². The molecule has 0 aliphatic heterocycles. The molecule has 2 unspecified atom stereocenters. The van der Waals surface area contributed by atoms with Crippen molar-refractivity contribution in [2.75, 3.05) is 28.3 Å². The van der Waals surface area contributed by atoms with E-state index < -0.39 is 23.3 Å². The molecule has 0 radical (unpaired) electrons. The fourth-order valence-corrected chi connectivity index (χ4v) is 2.69. The molecule has 122 valence electrons. The number of hydrogen-bond donors (Lipinski definition) is 0. The van der Waals surface area contributed by atoms with Crippen LogP contribution < -0.4 is 0 Å². The van der Waals surface area contributed by atoms with Crippen LogP contribution in [0.25, 0.3) is 0 Å². The van der Waals surface area contributed by atoms with E-state index in [0.29, 0.717) is 12.8 Å². The Kier molecular flexibility index (Phi) is 7.39. The normalized spacial score (nSPS) is 14.8. The summed E-state index contributed by atoms with van der Waals surface area (Å²) in [5.41, 5.74) is -1.31. The molecule has 3 amide bonds. The quantitative estimate of drug-likeness (QED) is 0.557. The van der Waals surface area contributed by atoms with Crippen molar-refractivity contribution in [1.82, 2.24) is 9.80 Å². The maximum Gasteiger partial charge on any atom is 0.325 e. The van der Waals surface area contributed by atoms with Crippen molar-refractivity contribution >= 4 is 17.9 Å². The molecule has 21 heavy (non-hydrogen) atoms. The molecule has 0 aromatic heterocycles. The zero-order valence-electron chi connectivity index (χ0n) is 14.2. The van der Waals surface area contributed by atoms with Crippen LogP contribution in [0.2, 0.25) is 0 Å². The third kappa shape index (κ3) is 3.74. The van der Waals surface area contributed by atoms with Crippen molar-refractivity contribution in [3.63, 3.8) is 0 Å². The second kappa shape index (κ2) is 8.00. The van der Waals surface area contributed by atoms with Crippen LogP contribution in [0.5, 0.6) is 0 Å². The molecular weight excluding hydrogens is 272 g/mol. The summed E-state index contributed by atoms with van der Waals surface area (Å²) >= 11 is 0. The highest BCUT2D eigenvalue weighted by Gasteiger charge is 2.52. The summed E-state index contributed by atoms with van der Waals surface area (Å²) in [6.45, 7) is 5.62. The molecule has 0 aromatic carbocycles. The number of esters is 1. The molecule has 6 nitrogen and oxygen atoms in total. The van der Waals surface area contributed by atoms with Crippen molar-refractivity contribution < 1.29 is 19.1 Å². The first-order valence-corrected chi connectivity index (χ1v) is 7.28. The molecule has 6 heteroatoms. The van der Waals surface area contributed by atoms with E-state index in [1.54, 1.807) is 21.0 Å². The zero-order chi connectivity index (χ0) is 16.8.